The van der Waals surface area contributed by atoms with E-state index in [9.17, 15) is 9.59 Å². The molecule has 0 unspecified atom stereocenters. The number of carbonyl (C=O) groups is 2. The number of aryl methyl sites for hydroxylation is 2. The van der Waals surface area contributed by atoms with Gasteiger partial charge in [0.25, 0.3) is 0 Å². The fraction of sp³-hybridized carbons (Fsp3) is 0.500. The average Bonchev–Trinajstić information content (AvgIpc) is 2.49. The van der Waals surface area contributed by atoms with E-state index in [1.165, 1.54) is 0 Å². The Bertz CT molecular complexity index is 531. The predicted molar refractivity (Wildman–Crippen MR) is 88.2 cm³/mol. The Morgan fingerprint density at radius 2 is 1.95 bits per heavy atom. The number of rotatable bonds is 5. The molecule has 22 heavy (non-hydrogen) atoms. The normalized spacial score (nSPS) is 15.7. The Morgan fingerprint density at radius 1 is 1.27 bits per heavy atom. The van der Waals surface area contributed by atoms with Gasteiger partial charge in [0.1, 0.15) is 0 Å². The largest absolute Gasteiger partial charge is 0.343 e. The molecule has 2 rings (SSSR count). The van der Waals surface area contributed by atoms with Gasteiger partial charge in [-0.1, -0.05) is 17.7 Å². The summed E-state index contributed by atoms with van der Waals surface area (Å²) in [5.74, 6) is -0.0355. The molecular weight excluding hydrogens is 302 g/mol. The van der Waals surface area contributed by atoms with Crippen molar-refractivity contribution in [3.8, 4) is 0 Å². The molecule has 1 fully saturated rings. The van der Waals surface area contributed by atoms with Crippen LogP contribution in [0.15, 0.2) is 12.1 Å². The molecule has 0 atom stereocenters. The first kappa shape index (κ1) is 16.8. The lowest BCUT2D eigenvalue weighted by molar-refractivity contribution is -0.120. The SMILES string of the molecule is Cc1cc(C)c(NC(=O)CCN2CCN(C=O)CC2)c(Cl)c1. The zero-order chi connectivity index (χ0) is 16.1. The van der Waals surface area contributed by atoms with Crippen molar-refractivity contribution < 1.29 is 9.59 Å². The Hall–Kier alpha value is -1.59. The number of hydrogen-bond acceptors (Lipinski definition) is 3. The maximum atomic E-state index is 12.1. The van der Waals surface area contributed by atoms with E-state index in [1.807, 2.05) is 26.0 Å². The summed E-state index contributed by atoms with van der Waals surface area (Å²) < 4.78 is 0. The molecule has 0 radical (unpaired) electrons. The third-order valence-corrected chi connectivity index (χ3v) is 4.21. The lowest BCUT2D eigenvalue weighted by Gasteiger charge is -2.32. The molecule has 1 heterocycles. The Kier molecular flexibility index (Phi) is 5.80. The highest BCUT2D eigenvalue weighted by Crippen LogP contribution is 2.27. The van der Waals surface area contributed by atoms with Crippen molar-refractivity contribution in [3.63, 3.8) is 0 Å². The van der Waals surface area contributed by atoms with Crippen molar-refractivity contribution in [1.82, 2.24) is 9.80 Å². The summed E-state index contributed by atoms with van der Waals surface area (Å²) in [5, 5.41) is 3.48. The summed E-state index contributed by atoms with van der Waals surface area (Å²) in [7, 11) is 0. The van der Waals surface area contributed by atoms with E-state index in [2.05, 4.69) is 10.2 Å². The van der Waals surface area contributed by atoms with E-state index in [-0.39, 0.29) is 5.91 Å². The molecule has 0 bridgehead atoms. The van der Waals surface area contributed by atoms with Gasteiger partial charge in [0.05, 0.1) is 10.7 Å². The van der Waals surface area contributed by atoms with Gasteiger partial charge in [-0.2, -0.15) is 0 Å². The highest BCUT2D eigenvalue weighted by Gasteiger charge is 2.16. The van der Waals surface area contributed by atoms with E-state index in [0.717, 1.165) is 43.7 Å². The zero-order valence-corrected chi connectivity index (χ0v) is 13.8. The highest BCUT2D eigenvalue weighted by atomic mass is 35.5. The monoisotopic (exact) mass is 323 g/mol. The van der Waals surface area contributed by atoms with Gasteiger partial charge in [-0.25, -0.2) is 0 Å². The van der Waals surface area contributed by atoms with Gasteiger partial charge in [0.2, 0.25) is 12.3 Å². The van der Waals surface area contributed by atoms with Crippen molar-refractivity contribution in [1.29, 1.82) is 0 Å². The minimum absolute atomic E-state index is 0.0355. The Labute approximate surface area is 136 Å². The topological polar surface area (TPSA) is 52.7 Å². The number of anilines is 1. The molecule has 5 nitrogen and oxygen atoms in total. The molecule has 1 saturated heterocycles. The van der Waals surface area contributed by atoms with Crippen LogP contribution in [0.5, 0.6) is 0 Å². The van der Waals surface area contributed by atoms with Crippen LogP contribution < -0.4 is 5.32 Å². The molecule has 0 spiro atoms. The smallest absolute Gasteiger partial charge is 0.225 e. The van der Waals surface area contributed by atoms with E-state index in [1.54, 1.807) is 4.90 Å². The number of nitrogens with one attached hydrogen (secondary N) is 1. The maximum Gasteiger partial charge on any atom is 0.225 e. The fourth-order valence-electron chi connectivity index (χ4n) is 2.63. The molecule has 1 aromatic rings. The third-order valence-electron chi connectivity index (χ3n) is 3.91. The van der Waals surface area contributed by atoms with Crippen LogP contribution in [-0.4, -0.2) is 54.8 Å². The standard InChI is InChI=1S/C16H22ClN3O2/c1-12-9-13(2)16(14(17)10-12)18-15(22)3-4-19-5-7-20(11-21)8-6-19/h9-11H,3-8H2,1-2H3,(H,18,22). The predicted octanol–water partition coefficient (Wildman–Crippen LogP) is 2.06. The van der Waals surface area contributed by atoms with Crippen molar-refractivity contribution in [2.45, 2.75) is 20.3 Å². The first-order chi connectivity index (χ1) is 10.5. The van der Waals surface area contributed by atoms with Crippen LogP contribution >= 0.6 is 11.6 Å². The number of carbonyl (C=O) groups excluding carboxylic acids is 2. The van der Waals surface area contributed by atoms with Crippen LogP contribution in [0.3, 0.4) is 0 Å². The summed E-state index contributed by atoms with van der Waals surface area (Å²) in [4.78, 5) is 26.7. The molecule has 0 aromatic heterocycles. The fourth-order valence-corrected chi connectivity index (χ4v) is 3.00. The summed E-state index contributed by atoms with van der Waals surface area (Å²) in [6.45, 7) is 7.70. The minimum atomic E-state index is -0.0355. The number of benzene rings is 1. The van der Waals surface area contributed by atoms with Gasteiger partial charge in [-0.05, 0) is 31.0 Å². The average molecular weight is 324 g/mol. The first-order valence-electron chi connectivity index (χ1n) is 7.48. The van der Waals surface area contributed by atoms with E-state index < -0.39 is 0 Å². The van der Waals surface area contributed by atoms with Gasteiger partial charge in [-0.3, -0.25) is 14.5 Å². The molecule has 1 aromatic carbocycles. The molecule has 2 amide bonds. The highest BCUT2D eigenvalue weighted by molar-refractivity contribution is 6.34. The van der Waals surface area contributed by atoms with Gasteiger partial charge in [0, 0.05) is 39.1 Å². The van der Waals surface area contributed by atoms with Crippen molar-refractivity contribution in [2.24, 2.45) is 0 Å². The van der Waals surface area contributed by atoms with Gasteiger partial charge >= 0.3 is 0 Å². The molecule has 120 valence electrons. The Balaban J connectivity index is 1.83. The molecular formula is C16H22ClN3O2. The van der Waals surface area contributed by atoms with Crippen molar-refractivity contribution >= 4 is 29.6 Å². The van der Waals surface area contributed by atoms with Gasteiger partial charge in [-0.15, -0.1) is 0 Å². The summed E-state index contributed by atoms with van der Waals surface area (Å²) in [5.41, 5.74) is 2.74. The quantitative estimate of drug-likeness (QED) is 0.844. The lowest BCUT2D eigenvalue weighted by atomic mass is 10.1. The number of nitrogens with zero attached hydrogens (tertiary/aromatic N) is 2. The zero-order valence-electron chi connectivity index (χ0n) is 13.1. The van der Waals surface area contributed by atoms with Crippen LogP contribution in [-0.2, 0) is 9.59 Å². The van der Waals surface area contributed by atoms with Crippen LogP contribution in [0.4, 0.5) is 5.69 Å². The summed E-state index contributed by atoms with van der Waals surface area (Å²) in [6, 6.07) is 3.85. The summed E-state index contributed by atoms with van der Waals surface area (Å²) >= 11 is 6.20. The number of hydrogen-bond donors (Lipinski definition) is 1. The third kappa shape index (κ3) is 4.45. The van der Waals surface area contributed by atoms with E-state index in [4.69, 9.17) is 11.6 Å². The van der Waals surface area contributed by atoms with Crippen LogP contribution in [0.1, 0.15) is 17.5 Å². The molecule has 1 aliphatic heterocycles. The van der Waals surface area contributed by atoms with Crippen LogP contribution in [0.25, 0.3) is 0 Å². The summed E-state index contributed by atoms with van der Waals surface area (Å²) in [6.07, 6.45) is 1.30. The molecule has 1 N–H and O–H groups in total. The Morgan fingerprint density at radius 3 is 2.55 bits per heavy atom. The lowest BCUT2D eigenvalue weighted by Crippen LogP contribution is -2.46. The minimum Gasteiger partial charge on any atom is -0.343 e. The van der Waals surface area contributed by atoms with E-state index >= 15 is 0 Å². The van der Waals surface area contributed by atoms with Crippen LogP contribution in [0, 0.1) is 13.8 Å². The molecule has 0 aliphatic carbocycles. The van der Waals surface area contributed by atoms with Gasteiger partial charge < -0.3 is 10.2 Å². The van der Waals surface area contributed by atoms with E-state index in [0.29, 0.717) is 23.7 Å². The first-order valence-corrected chi connectivity index (χ1v) is 7.85. The number of piperazine rings is 1. The second kappa shape index (κ2) is 7.61. The van der Waals surface area contributed by atoms with Gasteiger partial charge in [0.15, 0.2) is 0 Å². The van der Waals surface area contributed by atoms with Crippen LogP contribution in [0.2, 0.25) is 5.02 Å². The van der Waals surface area contributed by atoms with Crippen molar-refractivity contribution in [2.75, 3.05) is 38.0 Å². The molecule has 1 aliphatic rings. The number of halogens is 1. The molecule has 6 heteroatoms. The van der Waals surface area contributed by atoms with Crippen molar-refractivity contribution in [3.05, 3.63) is 28.3 Å². The second-order valence-corrected chi connectivity index (χ2v) is 6.13. The molecule has 0 saturated carbocycles. The number of amides is 2. The second-order valence-electron chi connectivity index (χ2n) is 5.72. The maximum absolute atomic E-state index is 12.1.